The van der Waals surface area contributed by atoms with E-state index in [1.807, 2.05) is 94.4 Å². The lowest BCUT2D eigenvalue weighted by molar-refractivity contribution is 0.0206. The smallest absolute Gasteiger partial charge is 0.410 e. The third-order valence-electron chi connectivity index (χ3n) is 9.03. The molecule has 1 amide bonds. The summed E-state index contributed by atoms with van der Waals surface area (Å²) in [5, 5.41) is 3.96. The predicted octanol–water partition coefficient (Wildman–Crippen LogP) is 8.11. The molecule has 1 aliphatic rings. The molecule has 0 saturated carbocycles. The Balaban J connectivity index is 1.29. The number of piperidine rings is 1. The van der Waals surface area contributed by atoms with Crippen molar-refractivity contribution in [1.82, 2.24) is 19.9 Å². The summed E-state index contributed by atoms with van der Waals surface area (Å²) in [7, 11) is -2.43. The number of likely N-dealkylation sites (tertiary alicyclic amines) is 1. The number of aromatic nitrogens is 3. The maximum atomic E-state index is 14.1. The molecule has 12 nitrogen and oxygen atoms in total. The topological polar surface area (TPSA) is 136 Å². The molecule has 3 aromatic carbocycles. The molecular weight excluding hydrogens is 693 g/mol. The molecule has 1 fully saturated rings. The van der Waals surface area contributed by atoms with Gasteiger partial charge in [-0.2, -0.15) is 0 Å². The van der Waals surface area contributed by atoms with Gasteiger partial charge in [-0.05, 0) is 82.9 Å². The number of methoxy groups -OCH3 is 1. The molecule has 0 bridgehead atoms. The van der Waals surface area contributed by atoms with Crippen molar-refractivity contribution >= 4 is 38.5 Å². The first-order valence-corrected chi connectivity index (χ1v) is 19.1. The minimum atomic E-state index is -3.91. The molecule has 53 heavy (non-hydrogen) atoms. The second-order valence-corrected chi connectivity index (χ2v) is 16.3. The summed E-state index contributed by atoms with van der Waals surface area (Å²) < 4.78 is 47.2. The van der Waals surface area contributed by atoms with E-state index in [1.165, 1.54) is 11.4 Å². The van der Waals surface area contributed by atoms with Crippen molar-refractivity contribution in [3.63, 3.8) is 0 Å². The fraction of sp³-hybridized carbons (Fsp3) is 0.350. The van der Waals surface area contributed by atoms with Crippen molar-refractivity contribution in [3.05, 3.63) is 102 Å². The van der Waals surface area contributed by atoms with Crippen LogP contribution in [0.4, 0.5) is 16.4 Å². The Labute approximate surface area is 311 Å². The average molecular weight is 739 g/mol. The quantitative estimate of drug-likeness (QED) is 0.132. The molecule has 0 spiro atoms. The zero-order chi connectivity index (χ0) is 37.8. The molecule has 5 aromatic rings. The number of fused-ring (bicyclic) bond motifs is 1. The van der Waals surface area contributed by atoms with E-state index < -0.39 is 20.9 Å². The highest BCUT2D eigenvalue weighted by molar-refractivity contribution is 7.93. The average Bonchev–Trinajstić information content (AvgIpc) is 3.14. The molecule has 0 radical (unpaired) electrons. The number of sulfonamides is 1. The largest absolute Gasteiger partial charge is 0.444 e. The lowest BCUT2D eigenvalue weighted by Gasteiger charge is -2.34. The van der Waals surface area contributed by atoms with Crippen molar-refractivity contribution in [2.45, 2.75) is 64.4 Å². The molecule has 278 valence electrons. The molecule has 2 atom stereocenters. The maximum absolute atomic E-state index is 14.1. The molecule has 1 saturated heterocycles. The Morgan fingerprint density at radius 1 is 0.981 bits per heavy atom. The van der Waals surface area contributed by atoms with Crippen molar-refractivity contribution in [2.75, 3.05) is 36.6 Å². The van der Waals surface area contributed by atoms with E-state index in [0.29, 0.717) is 63.9 Å². The summed E-state index contributed by atoms with van der Waals surface area (Å²) in [5.74, 6) is 1.28. The number of nitrogens with one attached hydrogen (secondary N) is 1. The Hall–Kier alpha value is -5.27. The second kappa shape index (κ2) is 15.8. The van der Waals surface area contributed by atoms with Gasteiger partial charge in [-0.25, -0.2) is 32.5 Å². The van der Waals surface area contributed by atoms with E-state index in [2.05, 4.69) is 15.3 Å². The lowest BCUT2D eigenvalue weighted by atomic mass is 10.0. The van der Waals surface area contributed by atoms with Crippen molar-refractivity contribution < 1.29 is 27.4 Å². The molecule has 1 aliphatic heterocycles. The molecule has 3 heterocycles. The number of rotatable bonds is 11. The van der Waals surface area contributed by atoms with Crippen LogP contribution >= 0.6 is 0 Å². The summed E-state index contributed by atoms with van der Waals surface area (Å²) >= 11 is 0. The number of hydrogen-bond acceptors (Lipinski definition) is 10. The number of carbonyl (C=O) groups is 1. The van der Waals surface area contributed by atoms with Crippen LogP contribution in [0.15, 0.2) is 91.3 Å². The van der Waals surface area contributed by atoms with Crippen LogP contribution in [0.1, 0.15) is 56.9 Å². The Kier molecular flexibility index (Phi) is 11.2. The number of anilines is 2. The highest BCUT2D eigenvalue weighted by atomic mass is 32.2. The van der Waals surface area contributed by atoms with Crippen LogP contribution in [0.2, 0.25) is 0 Å². The summed E-state index contributed by atoms with van der Waals surface area (Å²) in [6, 6.07) is 23.8. The second-order valence-electron chi connectivity index (χ2n) is 14.1. The van der Waals surface area contributed by atoms with Crippen LogP contribution in [0, 0.1) is 6.92 Å². The van der Waals surface area contributed by atoms with Crippen LogP contribution < -0.4 is 14.4 Å². The van der Waals surface area contributed by atoms with Crippen LogP contribution in [0.5, 0.6) is 11.6 Å². The number of benzene rings is 3. The fourth-order valence-corrected chi connectivity index (χ4v) is 7.94. The number of hydrogen-bond donors (Lipinski definition) is 1. The van der Waals surface area contributed by atoms with E-state index in [4.69, 9.17) is 19.2 Å². The van der Waals surface area contributed by atoms with E-state index in [9.17, 15) is 13.2 Å². The summed E-state index contributed by atoms with van der Waals surface area (Å²) in [4.78, 5) is 28.3. The van der Waals surface area contributed by atoms with Crippen LogP contribution in [0.3, 0.4) is 0 Å². The van der Waals surface area contributed by atoms with Gasteiger partial charge in [-0.3, -0.25) is 0 Å². The molecule has 0 aliphatic carbocycles. The third-order valence-corrected chi connectivity index (χ3v) is 11.1. The molecular formula is C40H46N6O6S. The van der Waals surface area contributed by atoms with E-state index in [1.54, 1.807) is 36.4 Å². The van der Waals surface area contributed by atoms with Crippen LogP contribution in [0.25, 0.3) is 22.0 Å². The number of carbonyl (C=O) groups excluding carboxylic acids is 1. The maximum Gasteiger partial charge on any atom is 0.410 e. The minimum absolute atomic E-state index is 0.0548. The SMILES string of the molecule is COCN(c1cccc2c(Oc3ncccc3-c3ccnc(NC4CCCN(C(=O)OC(C)(C)C)C4)n3)c(C)ccc12)S(=O)(=O)[C@@H](C)c1ccccc1. The molecule has 6 rings (SSSR count). The first-order chi connectivity index (χ1) is 25.4. The zero-order valence-corrected chi connectivity index (χ0v) is 31.8. The predicted molar refractivity (Wildman–Crippen MR) is 207 cm³/mol. The van der Waals surface area contributed by atoms with Crippen molar-refractivity contribution in [1.29, 1.82) is 0 Å². The van der Waals surface area contributed by atoms with Gasteiger partial charge in [0, 0.05) is 49.4 Å². The highest BCUT2D eigenvalue weighted by Gasteiger charge is 2.32. The summed E-state index contributed by atoms with van der Waals surface area (Å²) in [6.07, 6.45) is 4.67. The van der Waals surface area contributed by atoms with Gasteiger partial charge in [-0.1, -0.05) is 54.6 Å². The molecule has 1 unspecified atom stereocenters. The standard InChI is InChI=1S/C40H46N6O6S/c1-27-19-20-31-32(16-10-18-35(31)46(26-50-6)53(48,49)28(2)29-13-8-7-9-14-29)36(27)51-37-33(17-11-22-41-37)34-21-23-42-38(44-34)43-30-15-12-24-45(25-30)39(47)52-40(3,4)5/h7-11,13-14,16-23,28,30H,12,15,24-26H2,1-6H3,(H,42,43,44)/t28-,30?/m0/s1. The number of amides is 1. The van der Waals surface area contributed by atoms with Crippen LogP contribution in [-0.4, -0.2) is 72.9 Å². The monoisotopic (exact) mass is 738 g/mol. The Morgan fingerprint density at radius 3 is 2.53 bits per heavy atom. The minimum Gasteiger partial charge on any atom is -0.444 e. The van der Waals surface area contributed by atoms with E-state index in [-0.39, 0.29) is 18.9 Å². The van der Waals surface area contributed by atoms with E-state index >= 15 is 0 Å². The first kappa shape index (κ1) is 37.5. The van der Waals surface area contributed by atoms with Gasteiger partial charge >= 0.3 is 6.09 Å². The van der Waals surface area contributed by atoms with Gasteiger partial charge in [0.05, 0.1) is 16.9 Å². The Morgan fingerprint density at radius 2 is 1.77 bits per heavy atom. The van der Waals surface area contributed by atoms with Gasteiger partial charge in [0.2, 0.25) is 21.9 Å². The van der Waals surface area contributed by atoms with Gasteiger partial charge in [0.25, 0.3) is 0 Å². The van der Waals surface area contributed by atoms with Gasteiger partial charge in [0.15, 0.2) is 0 Å². The van der Waals surface area contributed by atoms with Gasteiger partial charge < -0.3 is 24.4 Å². The lowest BCUT2D eigenvalue weighted by Crippen LogP contribution is -2.47. The van der Waals surface area contributed by atoms with Gasteiger partial charge in [-0.15, -0.1) is 0 Å². The van der Waals surface area contributed by atoms with E-state index in [0.717, 1.165) is 18.4 Å². The third kappa shape index (κ3) is 8.52. The van der Waals surface area contributed by atoms with Crippen LogP contribution in [-0.2, 0) is 19.5 Å². The number of aryl methyl sites for hydroxylation is 1. The van der Waals surface area contributed by atoms with Gasteiger partial charge in [0.1, 0.15) is 23.3 Å². The fourth-order valence-electron chi connectivity index (χ4n) is 6.37. The van der Waals surface area contributed by atoms with Crippen molar-refractivity contribution in [2.24, 2.45) is 0 Å². The Bertz CT molecular complexity index is 2180. The first-order valence-electron chi connectivity index (χ1n) is 17.6. The molecule has 2 aromatic heterocycles. The summed E-state index contributed by atoms with van der Waals surface area (Å²) in [5.41, 5.74) is 2.65. The summed E-state index contributed by atoms with van der Waals surface area (Å²) in [6.45, 7) is 10.1. The molecule has 1 N–H and O–H groups in total. The van der Waals surface area contributed by atoms with Crippen molar-refractivity contribution in [3.8, 4) is 22.9 Å². The number of pyridine rings is 1. The number of nitrogens with zero attached hydrogens (tertiary/aromatic N) is 5. The number of ether oxygens (including phenoxy) is 3. The normalized spacial score (nSPS) is 15.5. The zero-order valence-electron chi connectivity index (χ0n) is 30.9. The molecule has 13 heteroatoms. The highest BCUT2D eigenvalue weighted by Crippen LogP contribution is 2.41.